The second-order valence-electron chi connectivity index (χ2n) is 6.05. The van der Waals surface area contributed by atoms with Gasteiger partial charge in [0.15, 0.2) is 0 Å². The van der Waals surface area contributed by atoms with E-state index in [2.05, 4.69) is 31.1 Å². The van der Waals surface area contributed by atoms with Gasteiger partial charge in [-0.15, -0.1) is 0 Å². The van der Waals surface area contributed by atoms with E-state index in [0.717, 1.165) is 29.3 Å². The van der Waals surface area contributed by atoms with Crippen molar-refractivity contribution in [2.45, 2.75) is 39.8 Å². The number of pyridine rings is 1. The van der Waals surface area contributed by atoms with Gasteiger partial charge in [-0.1, -0.05) is 17.7 Å². The Morgan fingerprint density at radius 1 is 1.24 bits per heavy atom. The van der Waals surface area contributed by atoms with E-state index >= 15 is 0 Å². The average molecular weight is 305 g/mol. The van der Waals surface area contributed by atoms with Gasteiger partial charge in [-0.25, -0.2) is 0 Å². The molecule has 0 bridgehead atoms. The Balaban J connectivity index is 2.10. The van der Waals surface area contributed by atoms with Gasteiger partial charge in [0.1, 0.15) is 11.5 Å². The maximum absolute atomic E-state index is 6.33. The molecule has 0 unspecified atom stereocenters. The van der Waals surface area contributed by atoms with E-state index in [1.54, 1.807) is 6.20 Å². The minimum atomic E-state index is 0.0608. The van der Waals surface area contributed by atoms with Crippen LogP contribution in [0.25, 0.3) is 0 Å². The van der Waals surface area contributed by atoms with Gasteiger partial charge in [-0.05, 0) is 57.5 Å². The summed E-state index contributed by atoms with van der Waals surface area (Å²) in [5, 5.41) is 4.12. The van der Waals surface area contributed by atoms with E-state index in [1.807, 2.05) is 37.3 Å². The molecular weight excluding hydrogens is 284 g/mol. The van der Waals surface area contributed by atoms with Crippen LogP contribution in [0.4, 0.5) is 0 Å². The van der Waals surface area contributed by atoms with Crippen molar-refractivity contribution < 1.29 is 4.74 Å². The zero-order valence-electron chi connectivity index (χ0n) is 12.9. The molecule has 0 aliphatic rings. The van der Waals surface area contributed by atoms with Crippen LogP contribution in [-0.4, -0.2) is 10.5 Å². The molecule has 0 spiro atoms. The van der Waals surface area contributed by atoms with E-state index in [0.29, 0.717) is 5.02 Å². The topological polar surface area (TPSA) is 34.1 Å². The molecule has 1 aromatic heterocycles. The quantitative estimate of drug-likeness (QED) is 0.887. The molecule has 1 aromatic carbocycles. The SMILES string of the molecule is Cc1ncccc1Oc1ccc(CNC(C)(C)C)c(Cl)c1. The highest BCUT2D eigenvalue weighted by molar-refractivity contribution is 6.31. The first-order valence-corrected chi connectivity index (χ1v) is 7.36. The molecule has 3 nitrogen and oxygen atoms in total. The third kappa shape index (κ3) is 4.73. The highest BCUT2D eigenvalue weighted by atomic mass is 35.5. The zero-order valence-corrected chi connectivity index (χ0v) is 13.7. The van der Waals surface area contributed by atoms with Crippen molar-refractivity contribution in [1.82, 2.24) is 10.3 Å². The fraction of sp³-hybridized carbons (Fsp3) is 0.353. The summed E-state index contributed by atoms with van der Waals surface area (Å²) in [6, 6.07) is 9.50. The first-order valence-electron chi connectivity index (χ1n) is 6.98. The van der Waals surface area contributed by atoms with E-state index in [9.17, 15) is 0 Å². The van der Waals surface area contributed by atoms with Crippen molar-refractivity contribution in [1.29, 1.82) is 0 Å². The van der Waals surface area contributed by atoms with Crippen molar-refractivity contribution >= 4 is 11.6 Å². The molecule has 0 aliphatic carbocycles. The summed E-state index contributed by atoms with van der Waals surface area (Å²) in [5.41, 5.74) is 1.97. The average Bonchev–Trinajstić information content (AvgIpc) is 2.39. The van der Waals surface area contributed by atoms with Crippen LogP contribution >= 0.6 is 11.6 Å². The standard InChI is InChI=1S/C17H21ClN2O/c1-12-16(6-5-9-19-12)21-14-8-7-13(15(18)10-14)11-20-17(2,3)4/h5-10,20H,11H2,1-4H3. The van der Waals surface area contributed by atoms with Crippen molar-refractivity contribution in [3.63, 3.8) is 0 Å². The second kappa shape index (κ2) is 6.46. The largest absolute Gasteiger partial charge is 0.455 e. The summed E-state index contributed by atoms with van der Waals surface area (Å²) in [6.07, 6.45) is 1.75. The number of nitrogens with zero attached hydrogens (tertiary/aromatic N) is 1. The summed E-state index contributed by atoms with van der Waals surface area (Å²) in [5.74, 6) is 1.46. The number of hydrogen-bond donors (Lipinski definition) is 1. The zero-order chi connectivity index (χ0) is 15.5. The van der Waals surface area contributed by atoms with Crippen LogP contribution in [0, 0.1) is 6.92 Å². The maximum Gasteiger partial charge on any atom is 0.148 e. The number of hydrogen-bond acceptors (Lipinski definition) is 3. The predicted molar refractivity (Wildman–Crippen MR) is 87.1 cm³/mol. The van der Waals surface area contributed by atoms with Crippen molar-refractivity contribution in [2.24, 2.45) is 0 Å². The number of aryl methyl sites for hydroxylation is 1. The fourth-order valence-electron chi connectivity index (χ4n) is 1.80. The van der Waals surface area contributed by atoms with E-state index in [1.165, 1.54) is 0 Å². The first-order chi connectivity index (χ1) is 9.85. The molecule has 0 radical (unpaired) electrons. The Labute approximate surface area is 131 Å². The summed E-state index contributed by atoms with van der Waals surface area (Å²) in [6.45, 7) is 9.03. The summed E-state index contributed by atoms with van der Waals surface area (Å²) in [4.78, 5) is 4.20. The molecule has 4 heteroatoms. The van der Waals surface area contributed by atoms with Gasteiger partial charge in [0.05, 0.1) is 5.69 Å². The number of halogens is 1. The van der Waals surface area contributed by atoms with Crippen LogP contribution in [0.15, 0.2) is 36.5 Å². The van der Waals surface area contributed by atoms with Crippen molar-refractivity contribution in [3.8, 4) is 11.5 Å². The molecule has 0 fully saturated rings. The Morgan fingerprint density at radius 3 is 2.62 bits per heavy atom. The van der Waals surface area contributed by atoms with Crippen LogP contribution in [0.5, 0.6) is 11.5 Å². The monoisotopic (exact) mass is 304 g/mol. The third-order valence-corrected chi connectivity index (χ3v) is 3.37. The molecule has 0 amide bonds. The van der Waals surface area contributed by atoms with Crippen LogP contribution in [0.2, 0.25) is 5.02 Å². The van der Waals surface area contributed by atoms with Crippen LogP contribution < -0.4 is 10.1 Å². The van der Waals surface area contributed by atoms with E-state index in [4.69, 9.17) is 16.3 Å². The van der Waals surface area contributed by atoms with E-state index in [-0.39, 0.29) is 5.54 Å². The number of nitrogens with one attached hydrogen (secondary N) is 1. The Morgan fingerprint density at radius 2 is 2.00 bits per heavy atom. The van der Waals surface area contributed by atoms with Gasteiger partial charge < -0.3 is 10.1 Å². The summed E-state index contributed by atoms with van der Waals surface area (Å²) in [7, 11) is 0. The molecule has 1 N–H and O–H groups in total. The molecular formula is C17H21ClN2O. The molecule has 0 aliphatic heterocycles. The minimum Gasteiger partial charge on any atom is -0.455 e. The second-order valence-corrected chi connectivity index (χ2v) is 6.45. The maximum atomic E-state index is 6.33. The lowest BCUT2D eigenvalue weighted by Crippen LogP contribution is -2.35. The molecule has 0 saturated heterocycles. The van der Waals surface area contributed by atoms with Gasteiger partial charge in [-0.2, -0.15) is 0 Å². The molecule has 21 heavy (non-hydrogen) atoms. The highest BCUT2D eigenvalue weighted by Gasteiger charge is 2.11. The molecule has 112 valence electrons. The van der Waals surface area contributed by atoms with Gasteiger partial charge in [-0.3, -0.25) is 4.98 Å². The van der Waals surface area contributed by atoms with Gasteiger partial charge >= 0.3 is 0 Å². The Hall–Kier alpha value is -1.58. The normalized spacial score (nSPS) is 11.5. The van der Waals surface area contributed by atoms with Crippen LogP contribution in [-0.2, 0) is 6.54 Å². The lowest BCUT2D eigenvalue weighted by atomic mass is 10.1. The number of aromatic nitrogens is 1. The minimum absolute atomic E-state index is 0.0608. The number of benzene rings is 1. The van der Waals surface area contributed by atoms with Crippen molar-refractivity contribution in [2.75, 3.05) is 0 Å². The highest BCUT2D eigenvalue weighted by Crippen LogP contribution is 2.28. The van der Waals surface area contributed by atoms with Gasteiger partial charge in [0, 0.05) is 23.3 Å². The lowest BCUT2D eigenvalue weighted by Gasteiger charge is -2.21. The summed E-state index contributed by atoms with van der Waals surface area (Å²) >= 11 is 6.33. The molecule has 1 heterocycles. The lowest BCUT2D eigenvalue weighted by molar-refractivity contribution is 0.424. The van der Waals surface area contributed by atoms with Gasteiger partial charge in [0.25, 0.3) is 0 Å². The van der Waals surface area contributed by atoms with Gasteiger partial charge in [0.2, 0.25) is 0 Å². The Kier molecular flexibility index (Phi) is 4.86. The third-order valence-electron chi connectivity index (χ3n) is 3.02. The number of rotatable bonds is 4. The molecule has 2 rings (SSSR count). The fourth-order valence-corrected chi connectivity index (χ4v) is 2.04. The molecule has 0 saturated carbocycles. The molecule has 2 aromatic rings. The predicted octanol–water partition coefficient (Wildman–Crippen LogP) is 4.72. The van der Waals surface area contributed by atoms with E-state index < -0.39 is 0 Å². The first kappa shape index (κ1) is 15.8. The van der Waals surface area contributed by atoms with Crippen molar-refractivity contribution in [3.05, 3.63) is 52.8 Å². The molecule has 0 atom stereocenters. The number of ether oxygens (including phenoxy) is 1. The Bertz CT molecular complexity index is 620. The smallest absolute Gasteiger partial charge is 0.148 e. The van der Waals surface area contributed by atoms with Crippen LogP contribution in [0.1, 0.15) is 32.0 Å². The summed E-state index contributed by atoms with van der Waals surface area (Å²) < 4.78 is 5.82. The van der Waals surface area contributed by atoms with Crippen LogP contribution in [0.3, 0.4) is 0 Å².